The van der Waals surface area contributed by atoms with Gasteiger partial charge in [0.15, 0.2) is 0 Å². The minimum absolute atomic E-state index is 0.00776. The maximum absolute atomic E-state index is 12.7. The quantitative estimate of drug-likeness (QED) is 0.214. The van der Waals surface area contributed by atoms with Crippen LogP contribution in [0, 0.1) is 0 Å². The lowest BCUT2D eigenvalue weighted by Crippen LogP contribution is -2.54. The summed E-state index contributed by atoms with van der Waals surface area (Å²) >= 11 is 14.7. The minimum Gasteiger partial charge on any atom is -0.464 e. The number of hydrazine groups is 2. The van der Waals surface area contributed by atoms with Crippen molar-refractivity contribution in [2.45, 2.75) is 63.9 Å². The Morgan fingerprint density at radius 1 is 0.744 bits per heavy atom. The predicted octanol–water partition coefficient (Wildman–Crippen LogP) is 6.89. The van der Waals surface area contributed by atoms with E-state index in [9.17, 15) is 29.4 Å². The van der Waals surface area contributed by atoms with E-state index in [1.807, 2.05) is 13.8 Å². The van der Waals surface area contributed by atoms with E-state index in [4.69, 9.17) is 32.7 Å². The van der Waals surface area contributed by atoms with Crippen molar-refractivity contribution < 1.29 is 38.9 Å². The molecular weight excluding hydrogens is 623 g/mol. The lowest BCUT2D eigenvalue weighted by atomic mass is 10.0. The summed E-state index contributed by atoms with van der Waals surface area (Å²) in [5, 5.41) is 23.3. The Morgan fingerprint density at radius 2 is 1.09 bits per heavy atom. The number of carbonyl (C=O) groups excluding carboxylic acids is 2. The highest BCUT2D eigenvalue weighted by molar-refractivity contribution is 8.00. The van der Waals surface area contributed by atoms with Gasteiger partial charge in [-0.3, -0.25) is 0 Å². The third-order valence-corrected chi connectivity index (χ3v) is 9.56. The van der Waals surface area contributed by atoms with Crippen molar-refractivity contribution in [3.05, 3.63) is 45.5 Å². The number of hydrogen-bond donors (Lipinski definition) is 2. The number of rotatable bonds is 12. The number of thioether (sulfide) groups is 1. The Balaban J connectivity index is 2.14. The molecule has 2 unspecified atom stereocenters. The molecule has 2 heterocycles. The standard InChI is InChI=1S/C28H40Cl2N4O8S/c1-7-41-27(39)33-14-20(22(30)16-34(33)28(40)42-8-2)10-12-24(18(5)6)43-23(17(3)4)11-9-19-13-31(25(35)36)32(26(37)38)15-21(19)29/h23-24H,3,5,7-16H2,1-2,4,6H3,(H,35,36)(H,37,38). The van der Waals surface area contributed by atoms with Crippen LogP contribution < -0.4 is 0 Å². The monoisotopic (exact) mass is 662 g/mol. The van der Waals surface area contributed by atoms with Gasteiger partial charge < -0.3 is 19.7 Å². The van der Waals surface area contributed by atoms with Crippen molar-refractivity contribution in [1.29, 1.82) is 0 Å². The second kappa shape index (κ2) is 16.7. The highest BCUT2D eigenvalue weighted by Gasteiger charge is 2.35. The van der Waals surface area contributed by atoms with Crippen molar-refractivity contribution in [3.8, 4) is 0 Å². The summed E-state index contributed by atoms with van der Waals surface area (Å²) in [5.41, 5.74) is 3.30. The van der Waals surface area contributed by atoms with E-state index in [0.717, 1.165) is 26.7 Å². The average Bonchev–Trinajstić information content (AvgIpc) is 2.93. The van der Waals surface area contributed by atoms with Crippen molar-refractivity contribution in [2.75, 3.05) is 39.4 Å². The van der Waals surface area contributed by atoms with Crippen LogP contribution >= 0.6 is 35.0 Å². The fourth-order valence-electron chi connectivity index (χ4n) is 4.52. The zero-order chi connectivity index (χ0) is 32.4. The molecule has 2 rings (SSSR count). The first-order chi connectivity index (χ1) is 20.2. The molecule has 0 aromatic heterocycles. The number of carboxylic acid groups (broad SMARTS) is 2. The fourth-order valence-corrected chi connectivity index (χ4v) is 6.43. The molecule has 0 spiro atoms. The van der Waals surface area contributed by atoms with E-state index in [1.54, 1.807) is 25.6 Å². The fraction of sp³-hybridized carbons (Fsp3) is 0.571. The highest BCUT2D eigenvalue weighted by Crippen LogP contribution is 2.36. The van der Waals surface area contributed by atoms with Crippen molar-refractivity contribution >= 4 is 59.3 Å². The van der Waals surface area contributed by atoms with Gasteiger partial charge in [-0.1, -0.05) is 47.5 Å². The first-order valence-electron chi connectivity index (χ1n) is 13.8. The number of carbonyl (C=O) groups is 4. The van der Waals surface area contributed by atoms with E-state index in [-0.39, 0.29) is 49.9 Å². The molecule has 2 N–H and O–H groups in total. The smallest absolute Gasteiger partial charge is 0.429 e. The molecule has 2 aliphatic heterocycles. The van der Waals surface area contributed by atoms with Crippen LogP contribution in [0.15, 0.2) is 45.5 Å². The molecule has 0 aromatic carbocycles. The van der Waals surface area contributed by atoms with E-state index in [2.05, 4.69) is 13.2 Å². The van der Waals surface area contributed by atoms with Gasteiger partial charge in [-0.2, -0.15) is 0 Å². The summed E-state index contributed by atoms with van der Waals surface area (Å²) in [6.07, 6.45) is -1.89. The third-order valence-electron chi connectivity index (χ3n) is 6.85. The van der Waals surface area contributed by atoms with E-state index >= 15 is 0 Å². The zero-order valence-corrected chi connectivity index (χ0v) is 27.3. The van der Waals surface area contributed by atoms with Gasteiger partial charge in [0.2, 0.25) is 0 Å². The van der Waals surface area contributed by atoms with Crippen LogP contribution in [-0.4, -0.2) is 105 Å². The lowest BCUT2D eigenvalue weighted by Gasteiger charge is -2.37. The predicted molar refractivity (Wildman–Crippen MR) is 166 cm³/mol. The normalized spacial score (nSPS) is 17.1. The van der Waals surface area contributed by atoms with E-state index in [1.165, 1.54) is 5.01 Å². The second-order valence-corrected chi connectivity index (χ2v) is 12.4. The molecule has 2 atom stereocenters. The van der Waals surface area contributed by atoms with Crippen LogP contribution in [0.5, 0.6) is 0 Å². The molecule has 0 aromatic rings. The largest absolute Gasteiger partial charge is 0.464 e. The summed E-state index contributed by atoms with van der Waals surface area (Å²) in [7, 11) is 0. The Labute approximate surface area is 266 Å². The van der Waals surface area contributed by atoms with Gasteiger partial charge in [-0.25, -0.2) is 39.2 Å². The topological polar surface area (TPSA) is 140 Å². The Morgan fingerprint density at radius 3 is 1.47 bits per heavy atom. The first kappa shape index (κ1) is 36.2. The number of ether oxygens (including phenoxy) is 2. The van der Waals surface area contributed by atoms with Gasteiger partial charge in [0.05, 0.1) is 39.4 Å². The van der Waals surface area contributed by atoms with Crippen LogP contribution in [0.2, 0.25) is 0 Å². The minimum atomic E-state index is -1.40. The van der Waals surface area contributed by atoms with Gasteiger partial charge in [-0.05, 0) is 64.5 Å². The average molecular weight is 664 g/mol. The highest BCUT2D eigenvalue weighted by atomic mass is 35.5. The molecule has 0 aliphatic carbocycles. The second-order valence-electron chi connectivity index (χ2n) is 10.1. The molecular formula is C28H40Cl2N4O8S. The summed E-state index contributed by atoms with van der Waals surface area (Å²) in [5.74, 6) is 0. The summed E-state index contributed by atoms with van der Waals surface area (Å²) < 4.78 is 10.2. The molecule has 0 bridgehead atoms. The molecule has 4 amide bonds. The van der Waals surface area contributed by atoms with E-state index in [0.29, 0.717) is 46.3 Å². The van der Waals surface area contributed by atoms with Crippen LogP contribution in [0.4, 0.5) is 19.2 Å². The first-order valence-corrected chi connectivity index (χ1v) is 15.5. The van der Waals surface area contributed by atoms with Crippen LogP contribution in [0.3, 0.4) is 0 Å². The van der Waals surface area contributed by atoms with Gasteiger partial charge in [0.1, 0.15) is 0 Å². The van der Waals surface area contributed by atoms with Crippen LogP contribution in [-0.2, 0) is 9.47 Å². The van der Waals surface area contributed by atoms with Crippen LogP contribution in [0.25, 0.3) is 0 Å². The Kier molecular flexibility index (Phi) is 14.1. The molecule has 0 radical (unpaired) electrons. The molecule has 15 heteroatoms. The van der Waals surface area contributed by atoms with Crippen molar-refractivity contribution in [2.24, 2.45) is 0 Å². The molecule has 2 aliphatic rings. The molecule has 0 saturated carbocycles. The van der Waals surface area contributed by atoms with Crippen molar-refractivity contribution in [1.82, 2.24) is 20.0 Å². The van der Waals surface area contributed by atoms with Gasteiger partial charge in [0.25, 0.3) is 0 Å². The molecule has 43 heavy (non-hydrogen) atoms. The van der Waals surface area contributed by atoms with Gasteiger partial charge in [-0.15, -0.1) is 11.8 Å². The van der Waals surface area contributed by atoms with E-state index < -0.39 is 24.4 Å². The third kappa shape index (κ3) is 10.0. The zero-order valence-electron chi connectivity index (χ0n) is 24.9. The Hall–Kier alpha value is -3.03. The van der Waals surface area contributed by atoms with Crippen molar-refractivity contribution in [3.63, 3.8) is 0 Å². The molecule has 240 valence electrons. The van der Waals surface area contributed by atoms with Crippen LogP contribution in [0.1, 0.15) is 53.4 Å². The number of nitrogens with zero attached hydrogens (tertiary/aromatic N) is 4. The number of halogens is 2. The lowest BCUT2D eigenvalue weighted by molar-refractivity contribution is -0.0149. The summed E-state index contributed by atoms with van der Waals surface area (Å²) in [4.78, 5) is 48.2. The maximum atomic E-state index is 12.7. The summed E-state index contributed by atoms with van der Waals surface area (Å²) in [6, 6.07) is 0. The number of hydrogen-bond acceptors (Lipinski definition) is 7. The molecule has 0 saturated heterocycles. The Bertz CT molecular complexity index is 1180. The maximum Gasteiger partial charge on any atom is 0.429 e. The number of amides is 4. The SMILES string of the molecule is C=C(C)C(CCC1=C(Cl)CN(C(=O)O)N(C(=O)O)C1)SC(CCC1=C(Cl)CN(C(=O)OCC)N(C(=O)OCC)C1)C(=C)C. The van der Waals surface area contributed by atoms with Gasteiger partial charge >= 0.3 is 24.4 Å². The van der Waals surface area contributed by atoms with Gasteiger partial charge in [0, 0.05) is 20.6 Å². The summed E-state index contributed by atoms with van der Waals surface area (Å²) in [6.45, 7) is 15.5. The molecule has 0 fully saturated rings. The molecule has 12 nitrogen and oxygen atoms in total.